The molecule has 0 radical (unpaired) electrons. The first kappa shape index (κ1) is 20.2. The minimum atomic E-state index is 0.0167. The molecule has 0 aliphatic carbocycles. The van der Waals surface area contributed by atoms with Gasteiger partial charge >= 0.3 is 0 Å². The molecule has 1 unspecified atom stereocenters. The number of ether oxygens (including phenoxy) is 1. The molecule has 0 amide bonds. The molecule has 1 aromatic heterocycles. The summed E-state index contributed by atoms with van der Waals surface area (Å²) in [7, 11) is 6.08. The number of guanidine groups is 1. The number of nitrogens with zero attached hydrogens (tertiary/aromatic N) is 5. The lowest BCUT2D eigenvalue weighted by Gasteiger charge is -2.34. The smallest absolute Gasteiger partial charge is 0.194 e. The normalized spacial score (nSPS) is 17.7. The number of aromatic nitrogens is 2. The number of benzene rings is 1. The van der Waals surface area contributed by atoms with Gasteiger partial charge in [0, 0.05) is 51.7 Å². The standard InChI is InChI=1S/C21H32N6O/c1-6-22-21(23-12-17-8-7-16(2)11-19(17)25(3)4)27-9-10-28-20(15-27)18-13-24-26(5)14-18/h7-8,11,13-14,20H,6,9-10,12,15H2,1-5H3,(H,22,23). The summed E-state index contributed by atoms with van der Waals surface area (Å²) < 4.78 is 7.79. The van der Waals surface area contributed by atoms with Crippen LogP contribution in [-0.4, -0.2) is 61.0 Å². The number of hydrogen-bond acceptors (Lipinski definition) is 4. The van der Waals surface area contributed by atoms with Crippen molar-refractivity contribution in [2.45, 2.75) is 26.5 Å². The Morgan fingerprint density at radius 2 is 2.21 bits per heavy atom. The van der Waals surface area contributed by atoms with Crippen LogP contribution in [0.3, 0.4) is 0 Å². The van der Waals surface area contributed by atoms with Gasteiger partial charge in [-0.05, 0) is 31.0 Å². The first-order valence-corrected chi connectivity index (χ1v) is 9.88. The van der Waals surface area contributed by atoms with Crippen LogP contribution in [0.4, 0.5) is 5.69 Å². The fourth-order valence-electron chi connectivity index (χ4n) is 3.46. The lowest BCUT2D eigenvalue weighted by atomic mass is 10.1. The van der Waals surface area contributed by atoms with Crippen LogP contribution in [0.15, 0.2) is 35.6 Å². The van der Waals surface area contributed by atoms with E-state index in [0.717, 1.165) is 31.2 Å². The van der Waals surface area contributed by atoms with E-state index in [-0.39, 0.29) is 6.10 Å². The molecule has 1 saturated heterocycles. The predicted octanol–water partition coefficient (Wildman–Crippen LogP) is 2.33. The van der Waals surface area contributed by atoms with Crippen LogP contribution in [0.5, 0.6) is 0 Å². The Balaban J connectivity index is 1.77. The minimum Gasteiger partial charge on any atom is -0.377 e. The maximum absolute atomic E-state index is 5.98. The van der Waals surface area contributed by atoms with E-state index >= 15 is 0 Å². The molecule has 0 spiro atoms. The van der Waals surface area contributed by atoms with E-state index in [1.807, 2.05) is 24.1 Å². The lowest BCUT2D eigenvalue weighted by Crippen LogP contribution is -2.48. The number of aliphatic imine (C=N–C) groups is 1. The summed E-state index contributed by atoms with van der Waals surface area (Å²) in [6.07, 6.45) is 3.92. The first-order valence-electron chi connectivity index (χ1n) is 9.88. The monoisotopic (exact) mass is 384 g/mol. The fourth-order valence-corrected chi connectivity index (χ4v) is 3.46. The molecule has 152 valence electrons. The number of anilines is 1. The van der Waals surface area contributed by atoms with Crippen molar-refractivity contribution in [2.75, 3.05) is 45.2 Å². The van der Waals surface area contributed by atoms with Crippen molar-refractivity contribution in [3.05, 3.63) is 47.3 Å². The SMILES string of the molecule is CCNC(=NCc1ccc(C)cc1N(C)C)N1CCOC(c2cnn(C)c2)C1. The van der Waals surface area contributed by atoms with Crippen molar-refractivity contribution in [1.29, 1.82) is 0 Å². The number of hydrogen-bond donors (Lipinski definition) is 1. The largest absolute Gasteiger partial charge is 0.377 e. The van der Waals surface area contributed by atoms with Crippen molar-refractivity contribution in [3.8, 4) is 0 Å². The summed E-state index contributed by atoms with van der Waals surface area (Å²) in [5.41, 5.74) is 4.81. The highest BCUT2D eigenvalue weighted by Crippen LogP contribution is 2.23. The summed E-state index contributed by atoms with van der Waals surface area (Å²) in [5, 5.41) is 7.72. The summed E-state index contributed by atoms with van der Waals surface area (Å²) in [4.78, 5) is 9.38. The Labute approximate surface area is 168 Å². The van der Waals surface area contributed by atoms with Gasteiger partial charge in [-0.15, -0.1) is 0 Å². The van der Waals surface area contributed by atoms with Crippen molar-refractivity contribution in [3.63, 3.8) is 0 Å². The van der Waals surface area contributed by atoms with Gasteiger partial charge in [0.25, 0.3) is 0 Å². The fraction of sp³-hybridized carbons (Fsp3) is 0.524. The van der Waals surface area contributed by atoms with Gasteiger partial charge in [0.1, 0.15) is 6.10 Å². The van der Waals surface area contributed by atoms with Gasteiger partial charge in [0.05, 0.1) is 25.9 Å². The zero-order chi connectivity index (χ0) is 20.1. The Kier molecular flexibility index (Phi) is 6.57. The van der Waals surface area contributed by atoms with E-state index in [1.165, 1.54) is 16.8 Å². The summed E-state index contributed by atoms with van der Waals surface area (Å²) in [5.74, 6) is 0.935. The maximum atomic E-state index is 5.98. The van der Waals surface area contributed by atoms with Gasteiger partial charge in [0.15, 0.2) is 5.96 Å². The first-order chi connectivity index (χ1) is 13.5. The Bertz CT molecular complexity index is 813. The zero-order valence-electron chi connectivity index (χ0n) is 17.6. The van der Waals surface area contributed by atoms with Crippen molar-refractivity contribution in [2.24, 2.45) is 12.0 Å². The third kappa shape index (κ3) is 4.84. The third-order valence-corrected chi connectivity index (χ3v) is 4.92. The molecule has 0 saturated carbocycles. The van der Waals surface area contributed by atoms with Gasteiger partial charge in [-0.25, -0.2) is 4.99 Å². The van der Waals surface area contributed by atoms with E-state index in [0.29, 0.717) is 13.2 Å². The van der Waals surface area contributed by atoms with Gasteiger partial charge < -0.3 is 19.9 Å². The van der Waals surface area contributed by atoms with E-state index in [1.54, 1.807) is 0 Å². The molecule has 1 atom stereocenters. The van der Waals surface area contributed by atoms with Gasteiger partial charge in [-0.2, -0.15) is 5.10 Å². The molecule has 3 rings (SSSR count). The quantitative estimate of drug-likeness (QED) is 0.633. The molecular formula is C21H32N6O. The van der Waals surface area contributed by atoms with Crippen LogP contribution < -0.4 is 10.2 Å². The number of nitrogens with one attached hydrogen (secondary N) is 1. The molecule has 2 aromatic rings. The topological polar surface area (TPSA) is 57.9 Å². The van der Waals surface area contributed by atoms with Crippen LogP contribution in [-0.2, 0) is 18.3 Å². The Hall–Kier alpha value is -2.54. The van der Waals surface area contributed by atoms with Crippen LogP contribution in [0.2, 0.25) is 0 Å². The van der Waals surface area contributed by atoms with E-state index in [9.17, 15) is 0 Å². The van der Waals surface area contributed by atoms with Crippen molar-refractivity contribution in [1.82, 2.24) is 20.0 Å². The molecular weight excluding hydrogens is 352 g/mol. The second-order valence-corrected chi connectivity index (χ2v) is 7.45. The summed E-state index contributed by atoms with van der Waals surface area (Å²) in [6.45, 7) is 7.98. The summed E-state index contributed by atoms with van der Waals surface area (Å²) in [6, 6.07) is 6.54. The number of rotatable bonds is 5. The molecule has 7 nitrogen and oxygen atoms in total. The molecule has 1 N–H and O–H groups in total. The molecule has 1 fully saturated rings. The minimum absolute atomic E-state index is 0.0167. The summed E-state index contributed by atoms with van der Waals surface area (Å²) >= 11 is 0. The second-order valence-electron chi connectivity index (χ2n) is 7.45. The van der Waals surface area contributed by atoms with E-state index < -0.39 is 0 Å². The molecule has 28 heavy (non-hydrogen) atoms. The van der Waals surface area contributed by atoms with Gasteiger partial charge in [-0.1, -0.05) is 12.1 Å². The number of aryl methyl sites for hydroxylation is 2. The number of morpholine rings is 1. The van der Waals surface area contributed by atoms with Crippen LogP contribution >= 0.6 is 0 Å². The van der Waals surface area contributed by atoms with E-state index in [4.69, 9.17) is 9.73 Å². The predicted molar refractivity (Wildman–Crippen MR) is 114 cm³/mol. The lowest BCUT2D eigenvalue weighted by molar-refractivity contribution is -0.00805. The molecule has 1 aliphatic heterocycles. The highest BCUT2D eigenvalue weighted by atomic mass is 16.5. The molecule has 0 bridgehead atoms. The Morgan fingerprint density at radius 3 is 2.89 bits per heavy atom. The third-order valence-electron chi connectivity index (χ3n) is 4.92. The average Bonchev–Trinajstić information content (AvgIpc) is 3.12. The van der Waals surface area contributed by atoms with Crippen LogP contribution in [0.1, 0.15) is 29.7 Å². The second kappa shape index (κ2) is 9.10. The van der Waals surface area contributed by atoms with Gasteiger partial charge in [0.2, 0.25) is 0 Å². The van der Waals surface area contributed by atoms with Crippen LogP contribution in [0, 0.1) is 6.92 Å². The van der Waals surface area contributed by atoms with Crippen LogP contribution in [0.25, 0.3) is 0 Å². The van der Waals surface area contributed by atoms with Gasteiger partial charge in [-0.3, -0.25) is 4.68 Å². The molecule has 2 heterocycles. The Morgan fingerprint density at radius 1 is 1.39 bits per heavy atom. The molecule has 1 aliphatic rings. The zero-order valence-corrected chi connectivity index (χ0v) is 17.6. The molecule has 7 heteroatoms. The molecule has 1 aromatic carbocycles. The highest BCUT2D eigenvalue weighted by Gasteiger charge is 2.25. The van der Waals surface area contributed by atoms with Crippen molar-refractivity contribution < 1.29 is 4.74 Å². The maximum Gasteiger partial charge on any atom is 0.194 e. The highest BCUT2D eigenvalue weighted by molar-refractivity contribution is 5.80. The van der Waals surface area contributed by atoms with E-state index in [2.05, 4.69) is 66.4 Å². The van der Waals surface area contributed by atoms with Crippen molar-refractivity contribution >= 4 is 11.6 Å². The average molecular weight is 385 g/mol.